The molecule has 4 heteroatoms. The number of benzene rings is 1. The highest BCUT2D eigenvalue weighted by Crippen LogP contribution is 2.16. The predicted molar refractivity (Wildman–Crippen MR) is 49.5 cm³/mol. The third kappa shape index (κ3) is 1.97. The van der Waals surface area contributed by atoms with Crippen molar-refractivity contribution in [1.29, 1.82) is 0 Å². The standard InChI is InChI=1S/C10H10O4/c1-6(12)10(14)9-4-8(13)3-2-7(9)5-11/h2-6,12-13H,1H3. The summed E-state index contributed by atoms with van der Waals surface area (Å²) in [5, 5.41) is 18.2. The summed E-state index contributed by atoms with van der Waals surface area (Å²) in [6.07, 6.45) is -0.676. The van der Waals surface area contributed by atoms with Crippen LogP contribution in [0, 0.1) is 0 Å². The van der Waals surface area contributed by atoms with E-state index >= 15 is 0 Å². The number of aromatic hydroxyl groups is 1. The molecule has 0 fully saturated rings. The fourth-order valence-corrected chi connectivity index (χ4v) is 1.09. The van der Waals surface area contributed by atoms with Gasteiger partial charge in [0.05, 0.1) is 0 Å². The van der Waals surface area contributed by atoms with Gasteiger partial charge in [0.2, 0.25) is 0 Å². The Morgan fingerprint density at radius 3 is 2.64 bits per heavy atom. The van der Waals surface area contributed by atoms with Crippen molar-refractivity contribution in [2.45, 2.75) is 13.0 Å². The van der Waals surface area contributed by atoms with Gasteiger partial charge in [0, 0.05) is 11.1 Å². The van der Waals surface area contributed by atoms with E-state index in [-0.39, 0.29) is 16.9 Å². The highest BCUT2D eigenvalue weighted by molar-refractivity contribution is 6.05. The third-order valence-corrected chi connectivity index (χ3v) is 1.81. The molecular formula is C10H10O4. The normalized spacial score (nSPS) is 12.1. The first kappa shape index (κ1) is 10.4. The van der Waals surface area contributed by atoms with Crippen molar-refractivity contribution < 1.29 is 19.8 Å². The van der Waals surface area contributed by atoms with Gasteiger partial charge in [0.15, 0.2) is 12.1 Å². The van der Waals surface area contributed by atoms with E-state index in [4.69, 9.17) is 10.2 Å². The first-order valence-electron chi connectivity index (χ1n) is 4.06. The topological polar surface area (TPSA) is 74.6 Å². The van der Waals surface area contributed by atoms with Crippen LogP contribution < -0.4 is 0 Å². The SMILES string of the molecule is CC(O)C(=O)c1cc(O)ccc1C=O. The molecular weight excluding hydrogens is 184 g/mol. The number of carbonyl (C=O) groups excluding carboxylic acids is 2. The molecule has 0 amide bonds. The van der Waals surface area contributed by atoms with Gasteiger partial charge < -0.3 is 10.2 Å². The molecule has 0 saturated heterocycles. The van der Waals surface area contributed by atoms with Crippen molar-refractivity contribution in [1.82, 2.24) is 0 Å². The molecule has 74 valence electrons. The predicted octanol–water partition coefficient (Wildman–Crippen LogP) is 0.768. The smallest absolute Gasteiger partial charge is 0.191 e. The van der Waals surface area contributed by atoms with Crippen LogP contribution in [0.3, 0.4) is 0 Å². The van der Waals surface area contributed by atoms with E-state index in [1.807, 2.05) is 0 Å². The van der Waals surface area contributed by atoms with Crippen LogP contribution in [0.15, 0.2) is 18.2 Å². The van der Waals surface area contributed by atoms with Crippen molar-refractivity contribution in [3.63, 3.8) is 0 Å². The summed E-state index contributed by atoms with van der Waals surface area (Å²) in [4.78, 5) is 21.9. The minimum Gasteiger partial charge on any atom is -0.508 e. The fraction of sp³-hybridized carbons (Fsp3) is 0.200. The number of Topliss-reactive ketones (excluding diaryl/α,β-unsaturated/α-hetero) is 1. The van der Waals surface area contributed by atoms with E-state index < -0.39 is 11.9 Å². The van der Waals surface area contributed by atoms with Gasteiger partial charge in [-0.05, 0) is 25.1 Å². The van der Waals surface area contributed by atoms with E-state index in [2.05, 4.69) is 0 Å². The molecule has 0 radical (unpaired) electrons. The van der Waals surface area contributed by atoms with Crippen LogP contribution in [0.1, 0.15) is 27.6 Å². The monoisotopic (exact) mass is 194 g/mol. The lowest BCUT2D eigenvalue weighted by Gasteiger charge is -2.06. The summed E-state index contributed by atoms with van der Waals surface area (Å²) < 4.78 is 0. The van der Waals surface area contributed by atoms with Crippen LogP contribution in [0.5, 0.6) is 5.75 Å². The van der Waals surface area contributed by atoms with Crippen molar-refractivity contribution in [2.24, 2.45) is 0 Å². The lowest BCUT2D eigenvalue weighted by Crippen LogP contribution is -2.17. The number of phenolic OH excluding ortho intramolecular Hbond substituents is 1. The van der Waals surface area contributed by atoms with E-state index in [0.717, 1.165) is 0 Å². The van der Waals surface area contributed by atoms with E-state index in [0.29, 0.717) is 6.29 Å². The first-order valence-corrected chi connectivity index (χ1v) is 4.06. The van der Waals surface area contributed by atoms with Gasteiger partial charge in [-0.15, -0.1) is 0 Å². The van der Waals surface area contributed by atoms with Gasteiger partial charge in [-0.3, -0.25) is 9.59 Å². The van der Waals surface area contributed by atoms with E-state index in [1.165, 1.54) is 25.1 Å². The Hall–Kier alpha value is -1.68. The molecule has 0 aliphatic rings. The number of phenols is 1. The number of aliphatic hydroxyl groups excluding tert-OH is 1. The molecule has 0 aliphatic heterocycles. The van der Waals surface area contributed by atoms with Gasteiger partial charge in [0.25, 0.3) is 0 Å². The molecule has 0 heterocycles. The number of aliphatic hydroxyl groups is 1. The zero-order valence-electron chi connectivity index (χ0n) is 7.60. The fourth-order valence-electron chi connectivity index (χ4n) is 1.09. The highest BCUT2D eigenvalue weighted by atomic mass is 16.3. The number of carbonyl (C=O) groups is 2. The van der Waals surface area contributed by atoms with Gasteiger partial charge >= 0.3 is 0 Å². The summed E-state index contributed by atoms with van der Waals surface area (Å²) in [5.41, 5.74) is 0.198. The molecule has 1 aromatic rings. The summed E-state index contributed by atoms with van der Waals surface area (Å²) in [6.45, 7) is 1.31. The number of hydrogen-bond acceptors (Lipinski definition) is 4. The molecule has 2 N–H and O–H groups in total. The van der Waals surface area contributed by atoms with Crippen molar-refractivity contribution in [3.8, 4) is 5.75 Å². The van der Waals surface area contributed by atoms with E-state index in [1.54, 1.807) is 0 Å². The molecule has 4 nitrogen and oxygen atoms in total. The van der Waals surface area contributed by atoms with Crippen LogP contribution in [-0.4, -0.2) is 28.4 Å². The van der Waals surface area contributed by atoms with Crippen LogP contribution in [0.25, 0.3) is 0 Å². The highest BCUT2D eigenvalue weighted by Gasteiger charge is 2.16. The average molecular weight is 194 g/mol. The van der Waals surface area contributed by atoms with Crippen molar-refractivity contribution >= 4 is 12.1 Å². The summed E-state index contributed by atoms with van der Waals surface area (Å²) in [6, 6.07) is 3.80. The van der Waals surface area contributed by atoms with Gasteiger partial charge in [-0.25, -0.2) is 0 Å². The van der Waals surface area contributed by atoms with E-state index in [9.17, 15) is 9.59 Å². The van der Waals surface area contributed by atoms with Gasteiger partial charge in [-0.1, -0.05) is 0 Å². The zero-order valence-corrected chi connectivity index (χ0v) is 7.60. The Morgan fingerprint density at radius 1 is 1.50 bits per heavy atom. The van der Waals surface area contributed by atoms with Gasteiger partial charge in [0.1, 0.15) is 11.9 Å². The van der Waals surface area contributed by atoms with Crippen LogP contribution in [0.4, 0.5) is 0 Å². The van der Waals surface area contributed by atoms with Gasteiger partial charge in [-0.2, -0.15) is 0 Å². The molecule has 0 bridgehead atoms. The molecule has 0 spiro atoms. The summed E-state index contributed by atoms with van der Waals surface area (Å²) in [5.74, 6) is -0.692. The average Bonchev–Trinajstić information content (AvgIpc) is 2.16. The minimum absolute atomic E-state index is 0.0370. The number of ketones is 1. The summed E-state index contributed by atoms with van der Waals surface area (Å²) >= 11 is 0. The summed E-state index contributed by atoms with van der Waals surface area (Å²) in [7, 11) is 0. The van der Waals surface area contributed by atoms with Crippen molar-refractivity contribution in [2.75, 3.05) is 0 Å². The Bertz CT molecular complexity index is 368. The molecule has 0 aliphatic carbocycles. The quantitative estimate of drug-likeness (QED) is 0.550. The Labute approximate surface area is 80.8 Å². The number of hydrogen-bond donors (Lipinski definition) is 2. The Kier molecular flexibility index (Phi) is 2.99. The lowest BCUT2D eigenvalue weighted by atomic mass is 10.0. The molecule has 1 aromatic carbocycles. The number of aldehydes is 1. The molecule has 1 atom stereocenters. The van der Waals surface area contributed by atoms with Crippen LogP contribution in [-0.2, 0) is 0 Å². The first-order chi connectivity index (χ1) is 6.56. The second-order valence-electron chi connectivity index (χ2n) is 2.93. The van der Waals surface area contributed by atoms with Crippen molar-refractivity contribution in [3.05, 3.63) is 29.3 Å². The molecule has 1 unspecified atom stereocenters. The second kappa shape index (κ2) is 4.02. The number of rotatable bonds is 3. The maximum atomic E-state index is 11.4. The minimum atomic E-state index is -1.18. The Morgan fingerprint density at radius 2 is 2.14 bits per heavy atom. The molecule has 14 heavy (non-hydrogen) atoms. The largest absolute Gasteiger partial charge is 0.508 e. The Balaban J connectivity index is 3.23. The lowest BCUT2D eigenvalue weighted by molar-refractivity contribution is 0.0776. The van der Waals surface area contributed by atoms with Crippen LogP contribution >= 0.6 is 0 Å². The van der Waals surface area contributed by atoms with Crippen LogP contribution in [0.2, 0.25) is 0 Å². The molecule has 0 aromatic heterocycles. The third-order valence-electron chi connectivity index (χ3n) is 1.81. The second-order valence-corrected chi connectivity index (χ2v) is 2.93. The molecule has 0 saturated carbocycles. The maximum Gasteiger partial charge on any atom is 0.191 e. The molecule has 1 rings (SSSR count). The maximum absolute atomic E-state index is 11.4. The zero-order chi connectivity index (χ0) is 10.7.